The first-order valence-corrected chi connectivity index (χ1v) is 11.1. The number of nitrogens with zero attached hydrogens (tertiary/aromatic N) is 4. The Bertz CT molecular complexity index is 804. The van der Waals surface area contributed by atoms with E-state index in [1.807, 2.05) is 6.20 Å². The van der Waals surface area contributed by atoms with Gasteiger partial charge in [0.15, 0.2) is 5.96 Å². The van der Waals surface area contributed by atoms with Gasteiger partial charge in [-0.25, -0.2) is 15.0 Å². The number of aliphatic imine (C=N–C) groups is 1. The van der Waals surface area contributed by atoms with Gasteiger partial charge in [0, 0.05) is 31.2 Å². The Morgan fingerprint density at radius 2 is 1.81 bits per heavy atom. The zero-order valence-corrected chi connectivity index (χ0v) is 21.6. The third-order valence-corrected chi connectivity index (χ3v) is 5.20. The molecule has 172 valence electrons. The highest BCUT2D eigenvalue weighted by Gasteiger charge is 2.19. The number of pyridine rings is 1. The summed E-state index contributed by atoms with van der Waals surface area (Å²) in [5.41, 5.74) is 1.05. The monoisotopic (exact) mass is 540 g/mol. The second kappa shape index (κ2) is 12.3. The molecule has 0 amide bonds. The fourth-order valence-corrected chi connectivity index (χ4v) is 3.41. The van der Waals surface area contributed by atoms with Crippen LogP contribution in [0.25, 0.3) is 0 Å². The lowest BCUT2D eigenvalue weighted by atomic mass is 9.94. The maximum atomic E-state index is 5.85. The largest absolute Gasteiger partial charge is 0.443 e. The minimum absolute atomic E-state index is 0. The number of hydrogen-bond acceptors (Lipinski definition) is 5. The SMILES string of the molecule is CCNC(=NCc1ccc(N2CCCCCC2)nc1)NCc1ncc(C(C)(C)C)o1.I. The summed E-state index contributed by atoms with van der Waals surface area (Å²) in [4.78, 5) is 16.1. The quantitative estimate of drug-likeness (QED) is 0.316. The number of oxazole rings is 1. The van der Waals surface area contributed by atoms with Crippen molar-refractivity contribution in [3.8, 4) is 0 Å². The Morgan fingerprint density at radius 1 is 1.06 bits per heavy atom. The first-order valence-electron chi connectivity index (χ1n) is 11.1. The number of halogens is 1. The minimum Gasteiger partial charge on any atom is -0.443 e. The van der Waals surface area contributed by atoms with Gasteiger partial charge in [-0.15, -0.1) is 24.0 Å². The van der Waals surface area contributed by atoms with Crippen molar-refractivity contribution in [3.05, 3.63) is 41.7 Å². The van der Waals surface area contributed by atoms with Crippen LogP contribution in [0.2, 0.25) is 0 Å². The summed E-state index contributed by atoms with van der Waals surface area (Å²) in [6.07, 6.45) is 8.92. The summed E-state index contributed by atoms with van der Waals surface area (Å²) in [6.45, 7) is 12.5. The number of hydrogen-bond donors (Lipinski definition) is 2. The van der Waals surface area contributed by atoms with Gasteiger partial charge in [-0.3, -0.25) is 0 Å². The molecule has 31 heavy (non-hydrogen) atoms. The van der Waals surface area contributed by atoms with Crippen LogP contribution in [0.15, 0.2) is 33.9 Å². The van der Waals surface area contributed by atoms with Crippen LogP contribution < -0.4 is 15.5 Å². The molecule has 1 aliphatic rings. The number of aromatic nitrogens is 2. The van der Waals surface area contributed by atoms with Crippen molar-refractivity contribution in [2.45, 2.75) is 71.9 Å². The van der Waals surface area contributed by atoms with E-state index in [1.165, 1.54) is 25.7 Å². The highest BCUT2D eigenvalue weighted by molar-refractivity contribution is 14.0. The summed E-state index contributed by atoms with van der Waals surface area (Å²) < 4.78 is 5.85. The molecule has 0 aliphatic carbocycles. The van der Waals surface area contributed by atoms with Crippen LogP contribution in [0, 0.1) is 0 Å². The van der Waals surface area contributed by atoms with Crippen LogP contribution in [-0.2, 0) is 18.5 Å². The molecule has 2 aromatic rings. The molecule has 1 fully saturated rings. The predicted octanol–water partition coefficient (Wildman–Crippen LogP) is 4.62. The van der Waals surface area contributed by atoms with E-state index in [0.717, 1.165) is 42.7 Å². The highest BCUT2D eigenvalue weighted by Crippen LogP contribution is 2.22. The third kappa shape index (κ3) is 7.97. The molecule has 0 saturated carbocycles. The minimum atomic E-state index is -0.0453. The van der Waals surface area contributed by atoms with Gasteiger partial charge in [0.05, 0.1) is 19.3 Å². The second-order valence-corrected chi connectivity index (χ2v) is 8.84. The summed E-state index contributed by atoms with van der Waals surface area (Å²) >= 11 is 0. The van der Waals surface area contributed by atoms with E-state index < -0.39 is 0 Å². The Hall–Kier alpha value is -1.84. The summed E-state index contributed by atoms with van der Waals surface area (Å²) in [7, 11) is 0. The lowest BCUT2D eigenvalue weighted by Gasteiger charge is -2.21. The van der Waals surface area contributed by atoms with Gasteiger partial charge in [0.1, 0.15) is 11.6 Å². The number of rotatable bonds is 6. The van der Waals surface area contributed by atoms with Crippen LogP contribution in [0.4, 0.5) is 5.82 Å². The van der Waals surface area contributed by atoms with Crippen molar-refractivity contribution < 1.29 is 4.42 Å². The molecule has 0 bridgehead atoms. The molecule has 7 nitrogen and oxygen atoms in total. The number of anilines is 1. The number of guanidine groups is 1. The molecular weight excluding hydrogens is 503 g/mol. The van der Waals surface area contributed by atoms with E-state index in [0.29, 0.717) is 19.0 Å². The summed E-state index contributed by atoms with van der Waals surface area (Å²) in [5, 5.41) is 6.57. The highest BCUT2D eigenvalue weighted by atomic mass is 127. The van der Waals surface area contributed by atoms with Crippen molar-refractivity contribution in [3.63, 3.8) is 0 Å². The van der Waals surface area contributed by atoms with Crippen LogP contribution in [0.5, 0.6) is 0 Å². The van der Waals surface area contributed by atoms with E-state index in [1.54, 1.807) is 6.20 Å². The van der Waals surface area contributed by atoms with Gasteiger partial charge in [0.2, 0.25) is 5.89 Å². The molecule has 0 atom stereocenters. The van der Waals surface area contributed by atoms with Crippen LogP contribution in [0.3, 0.4) is 0 Å². The standard InChI is InChI=1S/C23H36N6O.HI/c1-5-24-22(28-17-21-26-16-19(30-21)23(2,3)4)27-15-18-10-11-20(25-14-18)29-12-8-6-7-9-13-29;/h10-11,14,16H,5-9,12-13,15,17H2,1-4H3,(H2,24,27,28);1H. The Morgan fingerprint density at radius 3 is 2.39 bits per heavy atom. The second-order valence-electron chi connectivity index (χ2n) is 8.84. The van der Waals surface area contributed by atoms with E-state index in [2.05, 4.69) is 70.3 Å². The molecule has 3 rings (SSSR count). The van der Waals surface area contributed by atoms with Crippen molar-refractivity contribution >= 4 is 35.8 Å². The normalized spacial score (nSPS) is 15.2. The zero-order chi connectivity index (χ0) is 21.4. The lowest BCUT2D eigenvalue weighted by molar-refractivity contribution is 0.379. The molecule has 1 saturated heterocycles. The summed E-state index contributed by atoms with van der Waals surface area (Å²) in [5.74, 6) is 3.36. The van der Waals surface area contributed by atoms with Gasteiger partial charge >= 0.3 is 0 Å². The van der Waals surface area contributed by atoms with E-state index in [9.17, 15) is 0 Å². The van der Waals surface area contributed by atoms with Crippen molar-refractivity contribution in [1.29, 1.82) is 0 Å². The molecule has 0 radical (unpaired) electrons. The fraction of sp³-hybridized carbons (Fsp3) is 0.609. The molecule has 2 N–H and O–H groups in total. The molecule has 2 aromatic heterocycles. The maximum Gasteiger partial charge on any atom is 0.213 e. The molecule has 0 spiro atoms. The fourth-order valence-electron chi connectivity index (χ4n) is 3.41. The third-order valence-electron chi connectivity index (χ3n) is 5.20. The van der Waals surface area contributed by atoms with E-state index in [4.69, 9.17) is 4.42 Å². The van der Waals surface area contributed by atoms with Crippen molar-refractivity contribution in [1.82, 2.24) is 20.6 Å². The first kappa shape index (κ1) is 25.4. The Labute approximate surface area is 203 Å². The van der Waals surface area contributed by atoms with Crippen LogP contribution >= 0.6 is 24.0 Å². The molecule has 0 unspecified atom stereocenters. The Kier molecular flexibility index (Phi) is 10.1. The van der Waals surface area contributed by atoms with E-state index in [-0.39, 0.29) is 29.4 Å². The molecule has 3 heterocycles. The first-order chi connectivity index (χ1) is 14.5. The molecular formula is C23H37IN6O. The van der Waals surface area contributed by atoms with Crippen LogP contribution in [0.1, 0.15) is 70.6 Å². The maximum absolute atomic E-state index is 5.85. The van der Waals surface area contributed by atoms with E-state index >= 15 is 0 Å². The lowest BCUT2D eigenvalue weighted by Crippen LogP contribution is -2.36. The molecule has 0 aromatic carbocycles. The van der Waals surface area contributed by atoms with Gasteiger partial charge in [-0.1, -0.05) is 39.7 Å². The Balaban J connectivity index is 0.00000341. The van der Waals surface area contributed by atoms with Crippen molar-refractivity contribution in [2.75, 3.05) is 24.5 Å². The zero-order valence-electron chi connectivity index (χ0n) is 19.3. The van der Waals surface area contributed by atoms with Crippen LogP contribution in [-0.4, -0.2) is 35.6 Å². The van der Waals surface area contributed by atoms with Gasteiger partial charge in [-0.2, -0.15) is 0 Å². The molecule has 8 heteroatoms. The van der Waals surface area contributed by atoms with Gasteiger partial charge < -0.3 is 20.0 Å². The topological polar surface area (TPSA) is 78.6 Å². The smallest absolute Gasteiger partial charge is 0.213 e. The van der Waals surface area contributed by atoms with Crippen molar-refractivity contribution in [2.24, 2.45) is 4.99 Å². The van der Waals surface area contributed by atoms with Gasteiger partial charge in [0.25, 0.3) is 0 Å². The predicted molar refractivity (Wildman–Crippen MR) is 137 cm³/mol. The average Bonchev–Trinajstić information content (AvgIpc) is 3.05. The molecule has 1 aliphatic heterocycles. The van der Waals surface area contributed by atoms with Gasteiger partial charge in [-0.05, 0) is 31.4 Å². The summed E-state index contributed by atoms with van der Waals surface area (Å²) in [6, 6.07) is 4.25. The average molecular weight is 540 g/mol. The number of nitrogens with one attached hydrogen (secondary N) is 2.